The highest BCUT2D eigenvalue weighted by Gasteiger charge is 1.85. The maximum absolute atomic E-state index is 10.5. The molecular formula is C10H13FO2. The lowest BCUT2D eigenvalue weighted by Crippen LogP contribution is -1.93. The molecule has 0 saturated carbocycles. The van der Waals surface area contributed by atoms with Crippen LogP contribution in [0.2, 0.25) is 0 Å². The molecule has 0 aliphatic rings. The van der Waals surface area contributed by atoms with Crippen LogP contribution in [-0.2, 0) is 4.79 Å². The van der Waals surface area contributed by atoms with Crippen molar-refractivity contribution in [2.45, 2.75) is 13.8 Å². The number of rotatable bonds is 1. The zero-order valence-electron chi connectivity index (χ0n) is 7.75. The molecule has 0 spiro atoms. The fourth-order valence-corrected chi connectivity index (χ4v) is 0.807. The number of carboxylic acid groups (broad SMARTS) is 1. The minimum absolute atomic E-state index is 1.28. The molecule has 1 rings (SSSR count). The third-order valence-electron chi connectivity index (χ3n) is 1.29. The summed E-state index contributed by atoms with van der Waals surface area (Å²) >= 11 is 0. The largest absolute Gasteiger partial charge is 0.479 e. The van der Waals surface area contributed by atoms with E-state index < -0.39 is 12.6 Å². The Kier molecular flexibility index (Phi) is 5.52. The lowest BCUT2D eigenvalue weighted by molar-refractivity contribution is -0.137. The first kappa shape index (κ1) is 11.6. The third-order valence-corrected chi connectivity index (χ3v) is 1.29. The number of benzene rings is 1. The first-order valence-electron chi connectivity index (χ1n) is 3.87. The van der Waals surface area contributed by atoms with Crippen molar-refractivity contribution in [3.8, 4) is 0 Å². The molecular weight excluding hydrogens is 171 g/mol. The van der Waals surface area contributed by atoms with Gasteiger partial charge in [-0.3, -0.25) is 0 Å². The standard InChI is InChI=1S/C8H10.C2H3FO2/c1-7-4-3-5-8(2)6-7;3-1-2(4)5/h3-6H,1-2H3;1H2,(H,4,5). The van der Waals surface area contributed by atoms with Gasteiger partial charge in [0.25, 0.3) is 0 Å². The van der Waals surface area contributed by atoms with Crippen LogP contribution >= 0.6 is 0 Å². The Morgan fingerprint density at radius 2 is 1.77 bits per heavy atom. The smallest absolute Gasteiger partial charge is 0.335 e. The molecule has 0 aliphatic heterocycles. The summed E-state index contributed by atoms with van der Waals surface area (Å²) in [5.74, 6) is -1.41. The van der Waals surface area contributed by atoms with Gasteiger partial charge in [0, 0.05) is 0 Å². The first-order valence-corrected chi connectivity index (χ1v) is 3.87. The van der Waals surface area contributed by atoms with Crippen LogP contribution in [-0.4, -0.2) is 17.8 Å². The van der Waals surface area contributed by atoms with E-state index in [2.05, 4.69) is 38.1 Å². The maximum Gasteiger partial charge on any atom is 0.335 e. The normalized spacial score (nSPS) is 8.54. The number of hydrogen-bond acceptors (Lipinski definition) is 1. The van der Waals surface area contributed by atoms with Crippen LogP contribution in [0.15, 0.2) is 24.3 Å². The Morgan fingerprint density at radius 1 is 1.38 bits per heavy atom. The second-order valence-electron chi connectivity index (χ2n) is 2.69. The molecule has 13 heavy (non-hydrogen) atoms. The molecule has 0 radical (unpaired) electrons. The predicted molar refractivity (Wildman–Crippen MR) is 49.5 cm³/mol. The number of alkyl halides is 1. The Morgan fingerprint density at radius 3 is 1.92 bits per heavy atom. The molecule has 0 unspecified atom stereocenters. The molecule has 0 aliphatic carbocycles. The summed E-state index contributed by atoms with van der Waals surface area (Å²) in [4.78, 5) is 8.99. The molecule has 1 N–H and O–H groups in total. The minimum atomic E-state index is -1.41. The zero-order valence-corrected chi connectivity index (χ0v) is 7.75. The molecule has 3 heteroatoms. The van der Waals surface area contributed by atoms with Crippen LogP contribution in [0.1, 0.15) is 11.1 Å². The van der Waals surface area contributed by atoms with E-state index in [1.54, 1.807) is 0 Å². The Balaban J connectivity index is 0.000000252. The van der Waals surface area contributed by atoms with E-state index in [0.717, 1.165) is 0 Å². The van der Waals surface area contributed by atoms with Gasteiger partial charge in [0.15, 0.2) is 6.67 Å². The van der Waals surface area contributed by atoms with Crippen LogP contribution in [0.5, 0.6) is 0 Å². The SMILES string of the molecule is Cc1cccc(C)c1.O=C(O)CF. The molecule has 0 fully saturated rings. The van der Waals surface area contributed by atoms with Crippen molar-refractivity contribution in [3.63, 3.8) is 0 Å². The fourth-order valence-electron chi connectivity index (χ4n) is 0.807. The van der Waals surface area contributed by atoms with E-state index in [0.29, 0.717) is 0 Å². The van der Waals surface area contributed by atoms with E-state index >= 15 is 0 Å². The van der Waals surface area contributed by atoms with Gasteiger partial charge in [-0.2, -0.15) is 0 Å². The predicted octanol–water partition coefficient (Wildman–Crippen LogP) is 2.34. The lowest BCUT2D eigenvalue weighted by atomic mass is 10.2. The van der Waals surface area contributed by atoms with E-state index in [1.807, 2.05) is 0 Å². The number of hydrogen-bond donors (Lipinski definition) is 1. The second kappa shape index (κ2) is 6.17. The van der Waals surface area contributed by atoms with Gasteiger partial charge in [-0.15, -0.1) is 0 Å². The number of carbonyl (C=O) groups is 1. The number of carboxylic acids is 1. The molecule has 1 aromatic rings. The highest BCUT2D eigenvalue weighted by Crippen LogP contribution is 2.00. The molecule has 0 atom stereocenters. The summed E-state index contributed by atoms with van der Waals surface area (Å²) in [6, 6.07) is 8.45. The van der Waals surface area contributed by atoms with Gasteiger partial charge in [-0.1, -0.05) is 35.4 Å². The van der Waals surface area contributed by atoms with Crippen molar-refractivity contribution in [2.24, 2.45) is 0 Å². The van der Waals surface area contributed by atoms with Gasteiger partial charge in [-0.25, -0.2) is 9.18 Å². The van der Waals surface area contributed by atoms with Crippen LogP contribution in [0.25, 0.3) is 0 Å². The molecule has 0 bridgehead atoms. The molecule has 72 valence electrons. The quantitative estimate of drug-likeness (QED) is 0.727. The summed E-state index contributed by atoms with van der Waals surface area (Å²) in [6.45, 7) is 2.93. The van der Waals surface area contributed by atoms with E-state index in [1.165, 1.54) is 11.1 Å². The minimum Gasteiger partial charge on any atom is -0.479 e. The summed E-state index contributed by atoms with van der Waals surface area (Å²) in [5.41, 5.74) is 2.68. The molecule has 0 aromatic heterocycles. The van der Waals surface area contributed by atoms with Crippen LogP contribution in [0.4, 0.5) is 4.39 Å². The van der Waals surface area contributed by atoms with Gasteiger partial charge >= 0.3 is 5.97 Å². The van der Waals surface area contributed by atoms with Gasteiger partial charge in [0.2, 0.25) is 0 Å². The highest BCUT2D eigenvalue weighted by molar-refractivity contribution is 5.67. The summed E-state index contributed by atoms with van der Waals surface area (Å²) in [6.07, 6.45) is 0. The van der Waals surface area contributed by atoms with Gasteiger partial charge in [0.1, 0.15) is 0 Å². The van der Waals surface area contributed by atoms with E-state index in [4.69, 9.17) is 9.90 Å². The second-order valence-corrected chi connectivity index (χ2v) is 2.69. The Labute approximate surface area is 77.0 Å². The molecule has 1 aromatic carbocycles. The molecule has 0 amide bonds. The number of aliphatic carboxylic acids is 1. The number of aryl methyl sites for hydroxylation is 2. The zero-order chi connectivity index (χ0) is 10.3. The average Bonchev–Trinajstić information content (AvgIpc) is 2.05. The average molecular weight is 184 g/mol. The van der Waals surface area contributed by atoms with Gasteiger partial charge in [-0.05, 0) is 13.8 Å². The van der Waals surface area contributed by atoms with Crippen LogP contribution < -0.4 is 0 Å². The number of halogens is 1. The Bertz CT molecular complexity index is 254. The third kappa shape index (κ3) is 7.00. The molecule has 0 heterocycles. The first-order chi connectivity index (χ1) is 6.06. The van der Waals surface area contributed by atoms with Crippen molar-refractivity contribution in [1.29, 1.82) is 0 Å². The van der Waals surface area contributed by atoms with Crippen molar-refractivity contribution >= 4 is 5.97 Å². The van der Waals surface area contributed by atoms with Gasteiger partial charge < -0.3 is 5.11 Å². The summed E-state index contributed by atoms with van der Waals surface area (Å²) in [5, 5.41) is 7.35. The maximum atomic E-state index is 10.5. The van der Waals surface area contributed by atoms with Crippen molar-refractivity contribution in [2.75, 3.05) is 6.67 Å². The topological polar surface area (TPSA) is 37.3 Å². The van der Waals surface area contributed by atoms with Crippen molar-refractivity contribution in [1.82, 2.24) is 0 Å². The van der Waals surface area contributed by atoms with Crippen molar-refractivity contribution in [3.05, 3.63) is 35.4 Å². The summed E-state index contributed by atoms with van der Waals surface area (Å²) in [7, 11) is 0. The summed E-state index contributed by atoms with van der Waals surface area (Å²) < 4.78 is 10.5. The van der Waals surface area contributed by atoms with Crippen LogP contribution in [0, 0.1) is 13.8 Å². The highest BCUT2D eigenvalue weighted by atomic mass is 19.1. The monoisotopic (exact) mass is 184 g/mol. The van der Waals surface area contributed by atoms with Crippen molar-refractivity contribution < 1.29 is 14.3 Å². The lowest BCUT2D eigenvalue weighted by Gasteiger charge is -1.90. The van der Waals surface area contributed by atoms with Crippen LogP contribution in [0.3, 0.4) is 0 Å². The van der Waals surface area contributed by atoms with Gasteiger partial charge in [0.05, 0.1) is 0 Å². The van der Waals surface area contributed by atoms with E-state index in [9.17, 15) is 4.39 Å². The van der Waals surface area contributed by atoms with E-state index in [-0.39, 0.29) is 0 Å². The fraction of sp³-hybridized carbons (Fsp3) is 0.300. The Hall–Kier alpha value is -1.38. The molecule has 2 nitrogen and oxygen atoms in total. The molecule has 0 saturated heterocycles.